The Labute approximate surface area is 132 Å². The first-order valence-corrected chi connectivity index (χ1v) is 7.66. The summed E-state index contributed by atoms with van der Waals surface area (Å²) in [6.45, 7) is 6.92. The summed E-state index contributed by atoms with van der Waals surface area (Å²) in [7, 11) is 0. The van der Waals surface area contributed by atoms with Gasteiger partial charge in [-0.05, 0) is 49.1 Å². The van der Waals surface area contributed by atoms with Gasteiger partial charge in [-0.3, -0.25) is 4.79 Å². The molecule has 0 bridgehead atoms. The molecule has 1 amide bonds. The third-order valence-corrected chi connectivity index (χ3v) is 3.36. The van der Waals surface area contributed by atoms with Gasteiger partial charge in [0.25, 0.3) is 5.91 Å². The predicted molar refractivity (Wildman–Crippen MR) is 90.5 cm³/mol. The van der Waals surface area contributed by atoms with Gasteiger partial charge in [0.2, 0.25) is 0 Å². The molecule has 0 aliphatic heterocycles. The highest BCUT2D eigenvalue weighted by molar-refractivity contribution is 6.06. The second-order valence-electron chi connectivity index (χ2n) is 5.85. The van der Waals surface area contributed by atoms with Gasteiger partial charge in [-0.2, -0.15) is 0 Å². The van der Waals surface area contributed by atoms with E-state index in [2.05, 4.69) is 19.2 Å². The van der Waals surface area contributed by atoms with Crippen LogP contribution in [-0.4, -0.2) is 12.5 Å². The molecule has 0 spiro atoms. The molecule has 2 aromatic rings. The van der Waals surface area contributed by atoms with E-state index in [4.69, 9.17) is 4.74 Å². The minimum Gasteiger partial charge on any atom is -0.493 e. The summed E-state index contributed by atoms with van der Waals surface area (Å²) in [5.74, 6) is 1.06. The Bertz CT molecular complexity index is 635. The standard InChI is InChI=1S/C19H23NO2/c1-14(2)11-12-22-18-10-5-4-9-17(18)19(21)20-16-8-6-7-15(3)13-16/h4-10,13-14H,11-12H2,1-3H3,(H,20,21). The van der Waals surface area contributed by atoms with Crippen molar-refractivity contribution in [3.8, 4) is 5.75 Å². The highest BCUT2D eigenvalue weighted by atomic mass is 16.5. The van der Waals surface area contributed by atoms with Crippen molar-refractivity contribution < 1.29 is 9.53 Å². The molecule has 2 aromatic carbocycles. The minimum absolute atomic E-state index is 0.147. The number of hydrogen-bond acceptors (Lipinski definition) is 2. The highest BCUT2D eigenvalue weighted by Gasteiger charge is 2.12. The Morgan fingerprint density at radius 3 is 2.64 bits per heavy atom. The van der Waals surface area contributed by atoms with E-state index < -0.39 is 0 Å². The first-order valence-electron chi connectivity index (χ1n) is 7.66. The lowest BCUT2D eigenvalue weighted by atomic mass is 10.1. The van der Waals surface area contributed by atoms with Crippen LogP contribution < -0.4 is 10.1 Å². The second-order valence-corrected chi connectivity index (χ2v) is 5.85. The van der Waals surface area contributed by atoms with E-state index in [0.29, 0.717) is 23.8 Å². The van der Waals surface area contributed by atoms with Gasteiger partial charge in [0.15, 0.2) is 0 Å². The van der Waals surface area contributed by atoms with Crippen molar-refractivity contribution >= 4 is 11.6 Å². The normalized spacial score (nSPS) is 10.5. The number of anilines is 1. The Morgan fingerprint density at radius 1 is 1.14 bits per heavy atom. The van der Waals surface area contributed by atoms with E-state index >= 15 is 0 Å². The Balaban J connectivity index is 2.09. The predicted octanol–water partition coefficient (Wildman–Crippen LogP) is 4.67. The molecule has 22 heavy (non-hydrogen) atoms. The van der Waals surface area contributed by atoms with Crippen molar-refractivity contribution in [2.45, 2.75) is 27.2 Å². The lowest BCUT2D eigenvalue weighted by Crippen LogP contribution is -2.14. The summed E-state index contributed by atoms with van der Waals surface area (Å²) >= 11 is 0. The van der Waals surface area contributed by atoms with Crippen LogP contribution in [0.5, 0.6) is 5.75 Å². The first kappa shape index (κ1) is 16.1. The maximum atomic E-state index is 12.5. The number of nitrogens with one attached hydrogen (secondary N) is 1. The average molecular weight is 297 g/mol. The van der Waals surface area contributed by atoms with Gasteiger partial charge >= 0.3 is 0 Å². The van der Waals surface area contributed by atoms with Gasteiger partial charge in [-0.15, -0.1) is 0 Å². The molecule has 0 fully saturated rings. The number of carbonyl (C=O) groups is 1. The van der Waals surface area contributed by atoms with E-state index in [1.807, 2.05) is 49.4 Å². The molecule has 116 valence electrons. The zero-order chi connectivity index (χ0) is 15.9. The van der Waals surface area contributed by atoms with Crippen LogP contribution in [0.15, 0.2) is 48.5 Å². The second kappa shape index (κ2) is 7.64. The molecule has 0 aromatic heterocycles. The summed E-state index contributed by atoms with van der Waals surface area (Å²) in [4.78, 5) is 12.5. The minimum atomic E-state index is -0.147. The lowest BCUT2D eigenvalue weighted by Gasteiger charge is -2.12. The number of hydrogen-bond donors (Lipinski definition) is 1. The summed E-state index contributed by atoms with van der Waals surface area (Å²) < 4.78 is 5.77. The summed E-state index contributed by atoms with van der Waals surface area (Å²) in [6, 6.07) is 15.1. The van der Waals surface area contributed by atoms with Crippen LogP contribution >= 0.6 is 0 Å². The number of amides is 1. The number of aryl methyl sites for hydroxylation is 1. The van der Waals surface area contributed by atoms with E-state index in [0.717, 1.165) is 17.7 Å². The van der Waals surface area contributed by atoms with Crippen LogP contribution in [0.2, 0.25) is 0 Å². The largest absolute Gasteiger partial charge is 0.493 e. The van der Waals surface area contributed by atoms with Crippen LogP contribution in [-0.2, 0) is 0 Å². The van der Waals surface area contributed by atoms with Crippen molar-refractivity contribution in [2.24, 2.45) is 5.92 Å². The molecule has 0 unspecified atom stereocenters. The molecule has 0 atom stereocenters. The zero-order valence-corrected chi connectivity index (χ0v) is 13.4. The number of carbonyl (C=O) groups excluding carboxylic acids is 1. The maximum absolute atomic E-state index is 12.5. The molecule has 0 radical (unpaired) electrons. The van der Waals surface area contributed by atoms with Crippen molar-refractivity contribution in [1.82, 2.24) is 0 Å². The van der Waals surface area contributed by atoms with Gasteiger partial charge in [0.1, 0.15) is 5.75 Å². The smallest absolute Gasteiger partial charge is 0.259 e. The molecule has 0 saturated heterocycles. The molecule has 3 heteroatoms. The Morgan fingerprint density at radius 2 is 1.91 bits per heavy atom. The fourth-order valence-corrected chi connectivity index (χ4v) is 2.11. The molecule has 0 heterocycles. The van der Waals surface area contributed by atoms with Gasteiger partial charge in [-0.25, -0.2) is 0 Å². The summed E-state index contributed by atoms with van der Waals surface area (Å²) in [6.07, 6.45) is 0.966. The lowest BCUT2D eigenvalue weighted by molar-refractivity contribution is 0.102. The van der Waals surface area contributed by atoms with E-state index in [9.17, 15) is 4.79 Å². The fraction of sp³-hybridized carbons (Fsp3) is 0.316. The van der Waals surface area contributed by atoms with Gasteiger partial charge in [0.05, 0.1) is 12.2 Å². The van der Waals surface area contributed by atoms with Crippen LogP contribution in [0, 0.1) is 12.8 Å². The van der Waals surface area contributed by atoms with Crippen molar-refractivity contribution in [3.05, 3.63) is 59.7 Å². The SMILES string of the molecule is Cc1cccc(NC(=O)c2ccccc2OCCC(C)C)c1. The monoisotopic (exact) mass is 297 g/mol. The average Bonchev–Trinajstić information content (AvgIpc) is 2.47. The fourth-order valence-electron chi connectivity index (χ4n) is 2.11. The quantitative estimate of drug-likeness (QED) is 0.841. The number of para-hydroxylation sites is 1. The van der Waals surface area contributed by atoms with E-state index in [1.165, 1.54) is 0 Å². The summed E-state index contributed by atoms with van der Waals surface area (Å²) in [5, 5.41) is 2.92. The highest BCUT2D eigenvalue weighted by Crippen LogP contribution is 2.20. The van der Waals surface area contributed by atoms with E-state index in [1.54, 1.807) is 6.07 Å². The zero-order valence-electron chi connectivity index (χ0n) is 13.4. The van der Waals surface area contributed by atoms with Crippen LogP contribution in [0.4, 0.5) is 5.69 Å². The van der Waals surface area contributed by atoms with Crippen molar-refractivity contribution in [3.63, 3.8) is 0 Å². The molecule has 2 rings (SSSR count). The van der Waals surface area contributed by atoms with Crippen molar-refractivity contribution in [2.75, 3.05) is 11.9 Å². The maximum Gasteiger partial charge on any atom is 0.259 e. The van der Waals surface area contributed by atoms with Gasteiger partial charge < -0.3 is 10.1 Å². The van der Waals surface area contributed by atoms with Crippen LogP contribution in [0.1, 0.15) is 36.2 Å². The van der Waals surface area contributed by atoms with Gasteiger partial charge in [-0.1, -0.05) is 38.1 Å². The first-order chi connectivity index (χ1) is 10.6. The van der Waals surface area contributed by atoms with Crippen LogP contribution in [0.25, 0.3) is 0 Å². The third-order valence-electron chi connectivity index (χ3n) is 3.36. The van der Waals surface area contributed by atoms with Gasteiger partial charge in [0, 0.05) is 5.69 Å². The Kier molecular flexibility index (Phi) is 5.59. The Hall–Kier alpha value is -2.29. The molecular formula is C19H23NO2. The third kappa shape index (κ3) is 4.62. The molecule has 0 saturated carbocycles. The van der Waals surface area contributed by atoms with Crippen LogP contribution in [0.3, 0.4) is 0 Å². The topological polar surface area (TPSA) is 38.3 Å². The molecule has 1 N–H and O–H groups in total. The number of ether oxygens (including phenoxy) is 1. The molecule has 0 aliphatic carbocycles. The van der Waals surface area contributed by atoms with E-state index in [-0.39, 0.29) is 5.91 Å². The summed E-state index contributed by atoms with van der Waals surface area (Å²) in [5.41, 5.74) is 2.47. The molecular weight excluding hydrogens is 274 g/mol. The number of rotatable bonds is 6. The molecule has 3 nitrogen and oxygen atoms in total. The number of benzene rings is 2. The van der Waals surface area contributed by atoms with Crippen molar-refractivity contribution in [1.29, 1.82) is 0 Å². The molecule has 0 aliphatic rings.